The molecule has 0 unspecified atom stereocenters. The number of benzene rings is 1. The average molecular weight is 265 g/mol. The highest BCUT2D eigenvalue weighted by Gasteiger charge is 2.11. The fraction of sp³-hybridized carbons (Fsp3) is 0.357. The van der Waals surface area contributed by atoms with Crippen LogP contribution in [0.1, 0.15) is 36.0 Å². The summed E-state index contributed by atoms with van der Waals surface area (Å²) in [6, 6.07) is 4.93. The molecule has 1 aromatic carbocycles. The number of allylic oxidation sites excluding steroid dienone is 1. The van der Waals surface area contributed by atoms with Crippen molar-refractivity contribution in [2.75, 3.05) is 12.3 Å². The maximum atomic E-state index is 11.9. The van der Waals surface area contributed by atoms with E-state index >= 15 is 0 Å². The first-order valence-corrected chi connectivity index (χ1v) is 6.56. The summed E-state index contributed by atoms with van der Waals surface area (Å²) >= 11 is 5.97. The molecule has 1 aliphatic rings. The highest BCUT2D eigenvalue weighted by atomic mass is 35.5. The van der Waals surface area contributed by atoms with Crippen LogP contribution < -0.4 is 11.1 Å². The summed E-state index contributed by atoms with van der Waals surface area (Å²) < 4.78 is 0. The quantitative estimate of drug-likeness (QED) is 0.648. The highest BCUT2D eigenvalue weighted by molar-refractivity contribution is 6.34. The van der Waals surface area contributed by atoms with Crippen LogP contribution in [0.15, 0.2) is 29.8 Å². The Kier molecular flexibility index (Phi) is 4.26. The standard InChI is InChI=1S/C14H17ClN2O/c15-13-6-5-11(16)9-12(13)14(18)17-8-7-10-3-1-2-4-10/h3,5-6,9H,1-2,4,7-8,16H2,(H,17,18). The topological polar surface area (TPSA) is 55.1 Å². The summed E-state index contributed by atoms with van der Waals surface area (Å²) in [5, 5.41) is 3.31. The molecule has 3 N–H and O–H groups in total. The van der Waals surface area contributed by atoms with Crippen molar-refractivity contribution in [2.24, 2.45) is 0 Å². The zero-order valence-corrected chi connectivity index (χ0v) is 11.0. The molecule has 0 spiro atoms. The highest BCUT2D eigenvalue weighted by Crippen LogP contribution is 2.21. The number of nitrogens with one attached hydrogen (secondary N) is 1. The molecule has 2 rings (SSSR count). The molecule has 0 heterocycles. The Hall–Kier alpha value is -1.48. The van der Waals surface area contributed by atoms with Gasteiger partial charge in [0.2, 0.25) is 0 Å². The van der Waals surface area contributed by atoms with E-state index in [0.29, 0.717) is 22.8 Å². The SMILES string of the molecule is Nc1ccc(Cl)c(C(=O)NCCC2=CCCC2)c1. The molecule has 0 aromatic heterocycles. The number of carbonyl (C=O) groups is 1. The van der Waals surface area contributed by atoms with Crippen LogP contribution in [0, 0.1) is 0 Å². The van der Waals surface area contributed by atoms with E-state index in [1.54, 1.807) is 18.2 Å². The Morgan fingerprint density at radius 2 is 2.28 bits per heavy atom. The van der Waals surface area contributed by atoms with E-state index in [-0.39, 0.29) is 5.91 Å². The summed E-state index contributed by atoms with van der Waals surface area (Å²) in [5.41, 5.74) is 8.07. The number of carbonyl (C=O) groups excluding carboxylic acids is 1. The van der Waals surface area contributed by atoms with Crippen molar-refractivity contribution >= 4 is 23.2 Å². The fourth-order valence-electron chi connectivity index (χ4n) is 2.11. The van der Waals surface area contributed by atoms with Gasteiger partial charge < -0.3 is 11.1 Å². The van der Waals surface area contributed by atoms with Crippen LogP contribution in [0.25, 0.3) is 0 Å². The molecule has 96 valence electrons. The first-order chi connectivity index (χ1) is 8.66. The molecule has 3 nitrogen and oxygen atoms in total. The van der Waals surface area contributed by atoms with Crippen LogP contribution >= 0.6 is 11.6 Å². The molecule has 0 saturated carbocycles. The zero-order chi connectivity index (χ0) is 13.0. The zero-order valence-electron chi connectivity index (χ0n) is 10.2. The fourth-order valence-corrected chi connectivity index (χ4v) is 2.32. The number of hydrogen-bond donors (Lipinski definition) is 2. The van der Waals surface area contributed by atoms with E-state index in [1.165, 1.54) is 18.4 Å². The van der Waals surface area contributed by atoms with Gasteiger partial charge in [-0.2, -0.15) is 0 Å². The minimum atomic E-state index is -0.161. The molecule has 0 radical (unpaired) electrons. The largest absolute Gasteiger partial charge is 0.399 e. The number of hydrogen-bond acceptors (Lipinski definition) is 2. The minimum absolute atomic E-state index is 0.161. The molecule has 1 amide bonds. The number of amides is 1. The normalized spacial score (nSPS) is 14.4. The Morgan fingerprint density at radius 1 is 1.44 bits per heavy atom. The third kappa shape index (κ3) is 3.26. The predicted octanol–water partition coefficient (Wildman–Crippen LogP) is 3.15. The van der Waals surface area contributed by atoms with E-state index in [0.717, 1.165) is 12.8 Å². The Balaban J connectivity index is 1.89. The van der Waals surface area contributed by atoms with Gasteiger partial charge in [-0.15, -0.1) is 0 Å². The van der Waals surface area contributed by atoms with Crippen molar-refractivity contribution in [1.82, 2.24) is 5.32 Å². The number of nitrogen functional groups attached to an aromatic ring is 1. The van der Waals surface area contributed by atoms with E-state index in [4.69, 9.17) is 17.3 Å². The van der Waals surface area contributed by atoms with Crippen molar-refractivity contribution in [3.63, 3.8) is 0 Å². The van der Waals surface area contributed by atoms with Crippen LogP contribution in [0.3, 0.4) is 0 Å². The third-order valence-corrected chi connectivity index (χ3v) is 3.43. The molecule has 0 aliphatic heterocycles. The van der Waals surface area contributed by atoms with E-state index in [1.807, 2.05) is 0 Å². The molecule has 0 saturated heterocycles. The molecule has 4 heteroatoms. The molecule has 0 bridgehead atoms. The van der Waals surface area contributed by atoms with Gasteiger partial charge in [0.15, 0.2) is 0 Å². The summed E-state index contributed by atoms with van der Waals surface area (Å²) in [5.74, 6) is -0.161. The van der Waals surface area contributed by atoms with Gasteiger partial charge in [-0.05, 0) is 43.9 Å². The van der Waals surface area contributed by atoms with Gasteiger partial charge in [-0.1, -0.05) is 23.3 Å². The van der Waals surface area contributed by atoms with Crippen LogP contribution in [-0.4, -0.2) is 12.5 Å². The molecule has 0 fully saturated rings. The van der Waals surface area contributed by atoms with E-state index < -0.39 is 0 Å². The molecular weight excluding hydrogens is 248 g/mol. The number of halogens is 1. The Bertz CT molecular complexity index is 483. The van der Waals surface area contributed by atoms with Gasteiger partial charge >= 0.3 is 0 Å². The third-order valence-electron chi connectivity index (χ3n) is 3.10. The number of rotatable bonds is 4. The van der Waals surface area contributed by atoms with Gasteiger partial charge in [0, 0.05) is 12.2 Å². The molecule has 0 atom stereocenters. The second-order valence-electron chi connectivity index (χ2n) is 4.50. The summed E-state index contributed by atoms with van der Waals surface area (Å²) in [6.45, 7) is 0.649. The number of nitrogens with two attached hydrogens (primary N) is 1. The molecular formula is C14H17ClN2O. The lowest BCUT2D eigenvalue weighted by molar-refractivity contribution is 0.0954. The second kappa shape index (κ2) is 5.91. The Labute approximate surface area is 112 Å². The van der Waals surface area contributed by atoms with Crippen molar-refractivity contribution in [3.8, 4) is 0 Å². The summed E-state index contributed by atoms with van der Waals surface area (Å²) in [6.07, 6.45) is 6.76. The van der Waals surface area contributed by atoms with Crippen molar-refractivity contribution in [3.05, 3.63) is 40.4 Å². The lowest BCUT2D eigenvalue weighted by atomic mass is 10.1. The van der Waals surface area contributed by atoms with Crippen molar-refractivity contribution in [1.29, 1.82) is 0 Å². The van der Waals surface area contributed by atoms with Crippen molar-refractivity contribution < 1.29 is 4.79 Å². The smallest absolute Gasteiger partial charge is 0.252 e. The van der Waals surface area contributed by atoms with Gasteiger partial charge in [0.1, 0.15) is 0 Å². The van der Waals surface area contributed by atoms with E-state index in [9.17, 15) is 4.79 Å². The predicted molar refractivity (Wildman–Crippen MR) is 74.7 cm³/mol. The first kappa shape index (κ1) is 13.0. The molecule has 1 aromatic rings. The molecule has 1 aliphatic carbocycles. The van der Waals surface area contributed by atoms with Gasteiger partial charge in [-0.25, -0.2) is 0 Å². The van der Waals surface area contributed by atoms with Gasteiger partial charge in [-0.3, -0.25) is 4.79 Å². The Morgan fingerprint density at radius 3 is 3.00 bits per heavy atom. The average Bonchev–Trinajstić information content (AvgIpc) is 2.85. The van der Waals surface area contributed by atoms with Crippen LogP contribution in [-0.2, 0) is 0 Å². The number of anilines is 1. The van der Waals surface area contributed by atoms with E-state index in [2.05, 4.69) is 11.4 Å². The van der Waals surface area contributed by atoms with Crippen LogP contribution in [0.4, 0.5) is 5.69 Å². The minimum Gasteiger partial charge on any atom is -0.399 e. The van der Waals surface area contributed by atoms with Gasteiger partial charge in [0.05, 0.1) is 10.6 Å². The lowest BCUT2D eigenvalue weighted by Gasteiger charge is -2.08. The maximum absolute atomic E-state index is 11.9. The van der Waals surface area contributed by atoms with Gasteiger partial charge in [0.25, 0.3) is 5.91 Å². The second-order valence-corrected chi connectivity index (χ2v) is 4.91. The maximum Gasteiger partial charge on any atom is 0.252 e. The summed E-state index contributed by atoms with van der Waals surface area (Å²) in [4.78, 5) is 11.9. The monoisotopic (exact) mass is 264 g/mol. The van der Waals surface area contributed by atoms with Crippen LogP contribution in [0.5, 0.6) is 0 Å². The molecule has 18 heavy (non-hydrogen) atoms. The van der Waals surface area contributed by atoms with Crippen molar-refractivity contribution in [2.45, 2.75) is 25.7 Å². The van der Waals surface area contributed by atoms with Crippen LogP contribution in [0.2, 0.25) is 5.02 Å². The first-order valence-electron chi connectivity index (χ1n) is 6.18. The lowest BCUT2D eigenvalue weighted by Crippen LogP contribution is -2.25. The summed E-state index contributed by atoms with van der Waals surface area (Å²) in [7, 11) is 0.